The molecular formula is C21H16F3N5O2S. The number of thiophene rings is 1. The lowest BCUT2D eigenvalue weighted by Gasteiger charge is -2.12. The zero-order valence-electron chi connectivity index (χ0n) is 16.6. The van der Waals surface area contributed by atoms with Crippen molar-refractivity contribution in [1.82, 2.24) is 14.8 Å². The average molecular weight is 459 g/mol. The van der Waals surface area contributed by atoms with Crippen molar-refractivity contribution >= 4 is 39.1 Å². The topological polar surface area (TPSA) is 103 Å². The number of fused-ring (bicyclic) bond motifs is 1. The molecule has 0 saturated carbocycles. The first-order chi connectivity index (χ1) is 15.1. The monoisotopic (exact) mass is 459 g/mol. The molecule has 0 spiro atoms. The Balaban J connectivity index is 1.89. The van der Waals surface area contributed by atoms with Crippen molar-refractivity contribution in [1.29, 1.82) is 0 Å². The summed E-state index contributed by atoms with van der Waals surface area (Å²) in [5.74, 6) is -1.40. The first-order valence-electron chi connectivity index (χ1n) is 9.32. The quantitative estimate of drug-likeness (QED) is 0.466. The van der Waals surface area contributed by atoms with Gasteiger partial charge in [-0.3, -0.25) is 14.3 Å². The van der Waals surface area contributed by atoms with E-state index in [0.717, 1.165) is 11.6 Å². The number of amides is 2. The molecule has 4 rings (SSSR count). The average Bonchev–Trinajstić information content (AvgIpc) is 3.30. The first kappa shape index (κ1) is 21.5. The van der Waals surface area contributed by atoms with E-state index < -0.39 is 23.7 Å². The number of aryl methyl sites for hydroxylation is 1. The van der Waals surface area contributed by atoms with Gasteiger partial charge in [-0.2, -0.15) is 18.3 Å². The van der Waals surface area contributed by atoms with Crippen LogP contribution in [0.25, 0.3) is 21.3 Å². The Morgan fingerprint density at radius 3 is 2.53 bits per heavy atom. The fraction of sp³-hybridized carbons (Fsp3) is 0.143. The molecule has 0 aliphatic rings. The number of nitrogens with one attached hydrogen (secondary N) is 1. The van der Waals surface area contributed by atoms with Crippen molar-refractivity contribution in [2.45, 2.75) is 19.6 Å². The minimum absolute atomic E-state index is 0.0338. The summed E-state index contributed by atoms with van der Waals surface area (Å²) < 4.78 is 41.9. The van der Waals surface area contributed by atoms with Gasteiger partial charge in [0, 0.05) is 11.6 Å². The van der Waals surface area contributed by atoms with E-state index in [1.807, 2.05) is 6.92 Å². The molecule has 3 aromatic heterocycles. The van der Waals surface area contributed by atoms with Gasteiger partial charge in [-0.05, 0) is 29.7 Å². The lowest BCUT2D eigenvalue weighted by Crippen LogP contribution is -2.21. The van der Waals surface area contributed by atoms with Gasteiger partial charge in [-0.25, -0.2) is 4.98 Å². The number of hydrogen-bond donors (Lipinski definition) is 2. The Morgan fingerprint density at radius 2 is 1.94 bits per heavy atom. The van der Waals surface area contributed by atoms with Crippen LogP contribution in [0.4, 0.5) is 18.9 Å². The number of aromatic nitrogens is 3. The van der Waals surface area contributed by atoms with E-state index in [1.54, 1.807) is 42.7 Å². The number of rotatable bonds is 5. The molecule has 0 fully saturated rings. The van der Waals surface area contributed by atoms with Crippen LogP contribution in [0.5, 0.6) is 0 Å². The number of anilines is 1. The second-order valence-electron chi connectivity index (χ2n) is 7.03. The number of nitrogens with two attached hydrogens (primary N) is 1. The summed E-state index contributed by atoms with van der Waals surface area (Å²) in [7, 11) is 0. The SMILES string of the molecule is Cc1cnn(CC(=O)Nc2c(C(N)=O)sc3nc(C(F)(F)F)cc(-c4ccccc4)c23)c1. The number of primary amides is 1. The number of benzene rings is 1. The molecule has 0 radical (unpaired) electrons. The predicted molar refractivity (Wildman–Crippen MR) is 114 cm³/mol. The van der Waals surface area contributed by atoms with Gasteiger partial charge in [0.05, 0.1) is 11.9 Å². The predicted octanol–water partition coefficient (Wildman–Crippen LogP) is 4.22. The molecular weight excluding hydrogens is 443 g/mol. The van der Waals surface area contributed by atoms with Crippen LogP contribution in [-0.2, 0) is 17.5 Å². The summed E-state index contributed by atoms with van der Waals surface area (Å²) in [6, 6.07) is 9.25. The van der Waals surface area contributed by atoms with Gasteiger partial charge in [0.15, 0.2) is 0 Å². The van der Waals surface area contributed by atoms with Crippen molar-refractivity contribution in [3.05, 3.63) is 64.9 Å². The highest BCUT2D eigenvalue weighted by molar-refractivity contribution is 7.21. The van der Waals surface area contributed by atoms with E-state index >= 15 is 0 Å². The van der Waals surface area contributed by atoms with Gasteiger partial charge in [0.1, 0.15) is 21.9 Å². The van der Waals surface area contributed by atoms with Gasteiger partial charge < -0.3 is 11.1 Å². The van der Waals surface area contributed by atoms with Crippen LogP contribution in [0.2, 0.25) is 0 Å². The maximum Gasteiger partial charge on any atom is 0.433 e. The Labute approximate surface area is 183 Å². The van der Waals surface area contributed by atoms with Crippen LogP contribution >= 0.6 is 11.3 Å². The number of alkyl halides is 3. The van der Waals surface area contributed by atoms with Crippen LogP contribution in [0.15, 0.2) is 48.8 Å². The highest BCUT2D eigenvalue weighted by Crippen LogP contribution is 2.43. The van der Waals surface area contributed by atoms with E-state index in [-0.39, 0.29) is 32.9 Å². The molecule has 11 heteroatoms. The van der Waals surface area contributed by atoms with Gasteiger partial charge in [-0.15, -0.1) is 11.3 Å². The first-order valence-corrected chi connectivity index (χ1v) is 10.1. The fourth-order valence-electron chi connectivity index (χ4n) is 3.26. The lowest BCUT2D eigenvalue weighted by molar-refractivity contribution is -0.140. The van der Waals surface area contributed by atoms with Gasteiger partial charge in [0.2, 0.25) is 5.91 Å². The van der Waals surface area contributed by atoms with Crippen LogP contribution in [-0.4, -0.2) is 26.6 Å². The second-order valence-corrected chi connectivity index (χ2v) is 8.03. The second kappa shape index (κ2) is 8.08. The molecule has 0 bridgehead atoms. The molecule has 0 aliphatic heterocycles. The maximum absolute atomic E-state index is 13.5. The number of hydrogen-bond acceptors (Lipinski definition) is 5. The molecule has 32 heavy (non-hydrogen) atoms. The van der Waals surface area contributed by atoms with E-state index in [0.29, 0.717) is 16.9 Å². The number of halogens is 3. The fourth-order valence-corrected chi connectivity index (χ4v) is 4.27. The van der Waals surface area contributed by atoms with Crippen molar-refractivity contribution in [3.8, 4) is 11.1 Å². The molecule has 3 N–H and O–H groups in total. The van der Waals surface area contributed by atoms with Crippen LogP contribution in [0.1, 0.15) is 20.9 Å². The van der Waals surface area contributed by atoms with Crippen molar-refractivity contribution in [2.75, 3.05) is 5.32 Å². The lowest BCUT2D eigenvalue weighted by atomic mass is 10.0. The minimum Gasteiger partial charge on any atom is -0.365 e. The summed E-state index contributed by atoms with van der Waals surface area (Å²) in [6.07, 6.45) is -1.46. The number of carbonyl (C=O) groups is 2. The Bertz CT molecular complexity index is 1330. The highest BCUT2D eigenvalue weighted by atomic mass is 32.1. The van der Waals surface area contributed by atoms with E-state index in [9.17, 15) is 22.8 Å². The third-order valence-corrected chi connectivity index (χ3v) is 5.69. The zero-order chi connectivity index (χ0) is 23.0. The van der Waals surface area contributed by atoms with Crippen molar-refractivity contribution in [2.24, 2.45) is 5.73 Å². The van der Waals surface area contributed by atoms with Crippen LogP contribution < -0.4 is 11.1 Å². The molecule has 3 heterocycles. The van der Waals surface area contributed by atoms with Crippen LogP contribution in [0, 0.1) is 6.92 Å². The largest absolute Gasteiger partial charge is 0.433 e. The van der Waals surface area contributed by atoms with Crippen molar-refractivity contribution < 1.29 is 22.8 Å². The van der Waals surface area contributed by atoms with Gasteiger partial charge >= 0.3 is 6.18 Å². The molecule has 0 aliphatic carbocycles. The smallest absolute Gasteiger partial charge is 0.365 e. The Hall–Kier alpha value is -3.73. The number of nitrogens with zero attached hydrogens (tertiary/aromatic N) is 3. The zero-order valence-corrected chi connectivity index (χ0v) is 17.4. The van der Waals surface area contributed by atoms with E-state index in [1.165, 1.54) is 4.68 Å². The molecule has 0 atom stereocenters. The standard InChI is InChI=1S/C21H16F3N5O2S/c1-11-8-26-29(9-11)10-15(30)28-17-16-13(12-5-3-2-4-6-12)7-14(21(22,23)24)27-20(16)32-18(17)19(25)31/h2-9H,10H2,1H3,(H2,25,31)(H,28,30). The molecule has 0 unspecified atom stereocenters. The summed E-state index contributed by atoms with van der Waals surface area (Å²) >= 11 is 0.701. The number of pyridine rings is 1. The molecule has 7 nitrogen and oxygen atoms in total. The van der Waals surface area contributed by atoms with Crippen molar-refractivity contribution in [3.63, 3.8) is 0 Å². The summed E-state index contributed by atoms with van der Waals surface area (Å²) in [4.78, 5) is 28.3. The van der Waals surface area contributed by atoms with Gasteiger partial charge in [-0.1, -0.05) is 30.3 Å². The number of carbonyl (C=O) groups excluding carboxylic acids is 2. The normalized spacial score (nSPS) is 11.6. The Morgan fingerprint density at radius 1 is 1.22 bits per heavy atom. The summed E-state index contributed by atoms with van der Waals surface area (Å²) in [5, 5.41) is 6.88. The van der Waals surface area contributed by atoms with Crippen LogP contribution in [0.3, 0.4) is 0 Å². The third-order valence-electron chi connectivity index (χ3n) is 4.59. The highest BCUT2D eigenvalue weighted by Gasteiger charge is 2.35. The van der Waals surface area contributed by atoms with E-state index in [4.69, 9.17) is 5.73 Å². The summed E-state index contributed by atoms with van der Waals surface area (Å²) in [6.45, 7) is 1.66. The minimum atomic E-state index is -4.70. The third kappa shape index (κ3) is 4.19. The van der Waals surface area contributed by atoms with E-state index in [2.05, 4.69) is 15.4 Å². The molecule has 0 saturated heterocycles. The molecule has 164 valence electrons. The summed E-state index contributed by atoms with van der Waals surface area (Å²) in [5.41, 5.74) is 5.90. The Kier molecular flexibility index (Phi) is 5.43. The molecule has 4 aromatic rings. The molecule has 1 aromatic carbocycles. The molecule has 2 amide bonds. The van der Waals surface area contributed by atoms with Gasteiger partial charge in [0.25, 0.3) is 5.91 Å². The maximum atomic E-state index is 13.5.